The highest BCUT2D eigenvalue weighted by molar-refractivity contribution is 9.10. The number of rotatable bonds is 8. The van der Waals surface area contributed by atoms with Gasteiger partial charge in [-0.3, -0.25) is 0 Å². The summed E-state index contributed by atoms with van der Waals surface area (Å²) in [6.07, 6.45) is 2.38. The standard InChI is InChI=1S/C15H24BrNO/c1-12(2)5-4-8-18-11-14-7-6-13(10-17-3)9-15(14)16/h6-7,9,12,17H,4-5,8,10-11H2,1-3H3. The van der Waals surface area contributed by atoms with Crippen LogP contribution in [0.2, 0.25) is 0 Å². The van der Waals surface area contributed by atoms with Gasteiger partial charge in [0, 0.05) is 17.6 Å². The number of halogens is 1. The van der Waals surface area contributed by atoms with Crippen LogP contribution in [-0.2, 0) is 17.9 Å². The number of benzene rings is 1. The molecule has 0 aliphatic heterocycles. The topological polar surface area (TPSA) is 21.3 Å². The third-order valence-electron chi connectivity index (χ3n) is 2.83. The monoisotopic (exact) mass is 313 g/mol. The van der Waals surface area contributed by atoms with E-state index in [-0.39, 0.29) is 0 Å². The molecule has 0 aliphatic rings. The molecule has 3 heteroatoms. The second kappa shape index (κ2) is 8.68. The zero-order valence-electron chi connectivity index (χ0n) is 11.6. The second-order valence-corrected chi connectivity index (χ2v) is 5.90. The highest BCUT2D eigenvalue weighted by atomic mass is 79.9. The molecule has 0 unspecified atom stereocenters. The summed E-state index contributed by atoms with van der Waals surface area (Å²) in [5.74, 6) is 0.765. The fourth-order valence-corrected chi connectivity index (χ4v) is 2.34. The van der Waals surface area contributed by atoms with Crippen LogP contribution >= 0.6 is 15.9 Å². The quantitative estimate of drug-likeness (QED) is 0.729. The number of nitrogens with one attached hydrogen (secondary N) is 1. The first-order valence-corrected chi connectivity index (χ1v) is 7.42. The SMILES string of the molecule is CNCc1ccc(COCCCC(C)C)c(Br)c1. The van der Waals surface area contributed by atoms with E-state index in [9.17, 15) is 0 Å². The Morgan fingerprint density at radius 1 is 1.33 bits per heavy atom. The zero-order chi connectivity index (χ0) is 13.4. The summed E-state index contributed by atoms with van der Waals surface area (Å²) in [4.78, 5) is 0. The van der Waals surface area contributed by atoms with E-state index in [1.807, 2.05) is 7.05 Å². The Morgan fingerprint density at radius 2 is 2.11 bits per heavy atom. The Balaban J connectivity index is 2.34. The van der Waals surface area contributed by atoms with Gasteiger partial charge in [-0.1, -0.05) is 41.9 Å². The molecule has 1 rings (SSSR count). The van der Waals surface area contributed by atoms with Crippen molar-refractivity contribution in [2.45, 2.75) is 39.8 Å². The van der Waals surface area contributed by atoms with Crippen molar-refractivity contribution in [2.75, 3.05) is 13.7 Å². The summed E-state index contributed by atoms with van der Waals surface area (Å²) in [5, 5.41) is 3.15. The molecule has 0 aromatic heterocycles. The third-order valence-corrected chi connectivity index (χ3v) is 3.56. The third kappa shape index (κ3) is 5.98. The Morgan fingerprint density at radius 3 is 2.72 bits per heavy atom. The minimum absolute atomic E-state index is 0.693. The van der Waals surface area contributed by atoms with E-state index in [1.54, 1.807) is 0 Å². The maximum atomic E-state index is 5.71. The molecular formula is C15H24BrNO. The minimum Gasteiger partial charge on any atom is -0.377 e. The fraction of sp³-hybridized carbons (Fsp3) is 0.600. The molecule has 102 valence electrons. The highest BCUT2D eigenvalue weighted by Gasteiger charge is 2.02. The summed E-state index contributed by atoms with van der Waals surface area (Å²) in [7, 11) is 1.96. The van der Waals surface area contributed by atoms with Crippen LogP contribution in [0.3, 0.4) is 0 Å². The number of ether oxygens (including phenoxy) is 1. The Hall–Kier alpha value is -0.380. The molecule has 18 heavy (non-hydrogen) atoms. The van der Waals surface area contributed by atoms with Crippen LogP contribution in [0.5, 0.6) is 0 Å². The number of hydrogen-bond acceptors (Lipinski definition) is 2. The first-order chi connectivity index (χ1) is 8.63. The molecule has 0 fully saturated rings. The van der Waals surface area contributed by atoms with Crippen LogP contribution in [0.15, 0.2) is 22.7 Å². The van der Waals surface area contributed by atoms with Gasteiger partial charge in [-0.2, -0.15) is 0 Å². The zero-order valence-corrected chi connectivity index (χ0v) is 13.2. The lowest BCUT2D eigenvalue weighted by atomic mass is 10.1. The van der Waals surface area contributed by atoms with Crippen LogP contribution in [0.4, 0.5) is 0 Å². The van der Waals surface area contributed by atoms with Crippen molar-refractivity contribution in [3.63, 3.8) is 0 Å². The molecule has 0 radical (unpaired) electrons. The molecule has 0 atom stereocenters. The molecule has 1 aromatic rings. The van der Waals surface area contributed by atoms with Gasteiger partial charge in [0.2, 0.25) is 0 Å². The molecule has 0 aliphatic carbocycles. The number of hydrogen-bond donors (Lipinski definition) is 1. The van der Waals surface area contributed by atoms with Crippen LogP contribution in [0, 0.1) is 5.92 Å². The lowest BCUT2D eigenvalue weighted by Gasteiger charge is -2.09. The molecule has 0 spiro atoms. The van der Waals surface area contributed by atoms with Crippen molar-refractivity contribution in [2.24, 2.45) is 5.92 Å². The summed E-state index contributed by atoms with van der Waals surface area (Å²) >= 11 is 3.60. The van der Waals surface area contributed by atoms with Gasteiger partial charge in [-0.15, -0.1) is 0 Å². The Bertz CT molecular complexity index is 352. The van der Waals surface area contributed by atoms with E-state index in [0.717, 1.165) is 30.0 Å². The van der Waals surface area contributed by atoms with E-state index in [0.29, 0.717) is 6.61 Å². The van der Waals surface area contributed by atoms with Gasteiger partial charge in [0.1, 0.15) is 0 Å². The van der Waals surface area contributed by atoms with Gasteiger partial charge in [0.15, 0.2) is 0 Å². The molecule has 2 nitrogen and oxygen atoms in total. The van der Waals surface area contributed by atoms with Crippen molar-refractivity contribution in [1.29, 1.82) is 0 Å². The predicted octanol–water partition coefficient (Wildman–Crippen LogP) is 4.12. The molecule has 1 aromatic carbocycles. The average molecular weight is 314 g/mol. The first kappa shape index (κ1) is 15.7. The highest BCUT2D eigenvalue weighted by Crippen LogP contribution is 2.19. The normalized spacial score (nSPS) is 11.2. The lowest BCUT2D eigenvalue weighted by molar-refractivity contribution is 0.114. The van der Waals surface area contributed by atoms with Crippen molar-refractivity contribution in [1.82, 2.24) is 5.32 Å². The van der Waals surface area contributed by atoms with E-state index in [4.69, 9.17) is 4.74 Å². The minimum atomic E-state index is 0.693. The maximum absolute atomic E-state index is 5.71. The molecular weight excluding hydrogens is 290 g/mol. The predicted molar refractivity (Wildman–Crippen MR) is 80.6 cm³/mol. The van der Waals surface area contributed by atoms with Gasteiger partial charge in [0.25, 0.3) is 0 Å². The van der Waals surface area contributed by atoms with Crippen molar-refractivity contribution < 1.29 is 4.74 Å². The van der Waals surface area contributed by atoms with Gasteiger partial charge in [-0.25, -0.2) is 0 Å². The second-order valence-electron chi connectivity index (χ2n) is 5.04. The van der Waals surface area contributed by atoms with E-state index >= 15 is 0 Å². The van der Waals surface area contributed by atoms with Crippen LogP contribution in [0.1, 0.15) is 37.8 Å². The van der Waals surface area contributed by atoms with E-state index in [1.165, 1.54) is 17.5 Å². The molecule has 0 saturated heterocycles. The molecule has 1 N–H and O–H groups in total. The summed E-state index contributed by atoms with van der Waals surface area (Å²) < 4.78 is 6.84. The van der Waals surface area contributed by atoms with Gasteiger partial charge >= 0.3 is 0 Å². The van der Waals surface area contributed by atoms with Crippen LogP contribution in [0.25, 0.3) is 0 Å². The van der Waals surface area contributed by atoms with Crippen molar-refractivity contribution in [3.8, 4) is 0 Å². The van der Waals surface area contributed by atoms with Gasteiger partial charge < -0.3 is 10.1 Å². The van der Waals surface area contributed by atoms with E-state index in [2.05, 4.69) is 53.3 Å². The molecule has 0 saturated carbocycles. The Kier molecular flexibility index (Phi) is 7.56. The van der Waals surface area contributed by atoms with Crippen molar-refractivity contribution >= 4 is 15.9 Å². The smallest absolute Gasteiger partial charge is 0.0727 e. The van der Waals surface area contributed by atoms with Crippen LogP contribution in [-0.4, -0.2) is 13.7 Å². The summed E-state index contributed by atoms with van der Waals surface area (Å²) in [6.45, 7) is 6.93. The van der Waals surface area contributed by atoms with Gasteiger partial charge in [0.05, 0.1) is 6.61 Å². The largest absolute Gasteiger partial charge is 0.377 e. The Labute approximate surface area is 119 Å². The first-order valence-electron chi connectivity index (χ1n) is 6.63. The summed E-state index contributed by atoms with van der Waals surface area (Å²) in [5.41, 5.74) is 2.51. The lowest BCUT2D eigenvalue weighted by Crippen LogP contribution is -2.05. The van der Waals surface area contributed by atoms with E-state index < -0.39 is 0 Å². The van der Waals surface area contributed by atoms with Crippen LogP contribution < -0.4 is 5.32 Å². The average Bonchev–Trinajstić information content (AvgIpc) is 2.31. The molecule has 0 amide bonds. The fourth-order valence-electron chi connectivity index (χ4n) is 1.80. The maximum Gasteiger partial charge on any atom is 0.0727 e. The molecule has 0 bridgehead atoms. The van der Waals surface area contributed by atoms with Gasteiger partial charge in [-0.05, 0) is 43.0 Å². The molecule has 0 heterocycles. The van der Waals surface area contributed by atoms with Crippen molar-refractivity contribution in [3.05, 3.63) is 33.8 Å². The summed E-state index contributed by atoms with van der Waals surface area (Å²) in [6, 6.07) is 6.44.